The molecule has 1 heterocycles. The van der Waals surface area contributed by atoms with Crippen molar-refractivity contribution >= 4 is 17.8 Å². The molecule has 0 unspecified atom stereocenters. The first-order valence-corrected chi connectivity index (χ1v) is 4.67. The van der Waals surface area contributed by atoms with Crippen molar-refractivity contribution in [3.05, 3.63) is 18.0 Å². The van der Waals surface area contributed by atoms with Crippen LogP contribution in [0.5, 0.6) is 0 Å². The van der Waals surface area contributed by atoms with Gasteiger partial charge in [-0.25, -0.2) is 15.4 Å². The third kappa shape index (κ3) is 4.47. The third-order valence-corrected chi connectivity index (χ3v) is 1.30. The summed E-state index contributed by atoms with van der Waals surface area (Å²) in [5.41, 5.74) is 1.53. The number of aromatic nitrogens is 2. The van der Waals surface area contributed by atoms with E-state index in [-0.39, 0.29) is 17.4 Å². The lowest BCUT2D eigenvalue weighted by molar-refractivity contribution is -0.114. The molecule has 88 valence electrons. The Morgan fingerprint density at radius 3 is 2.12 bits per heavy atom. The molecule has 0 atom stereocenters. The van der Waals surface area contributed by atoms with Crippen LogP contribution in [0.1, 0.15) is 31.1 Å². The van der Waals surface area contributed by atoms with Gasteiger partial charge in [-0.1, -0.05) is 13.8 Å². The van der Waals surface area contributed by atoms with Gasteiger partial charge in [0.05, 0.1) is 5.56 Å². The maximum Gasteiger partial charge on any atom is 0.277 e. The van der Waals surface area contributed by atoms with E-state index in [9.17, 15) is 9.59 Å². The lowest BCUT2D eigenvalue weighted by Gasteiger charge is -2.00. The van der Waals surface area contributed by atoms with Crippen molar-refractivity contribution in [2.24, 2.45) is 0 Å². The van der Waals surface area contributed by atoms with Crippen LogP contribution < -0.4 is 10.8 Å². The Balaban J connectivity index is 0.00000106. The second kappa shape index (κ2) is 7.30. The minimum Gasteiger partial charge on any atom is -0.295 e. The van der Waals surface area contributed by atoms with Gasteiger partial charge in [0.2, 0.25) is 11.9 Å². The molecule has 0 radical (unpaired) electrons. The normalized spacial score (nSPS) is 8.50. The number of hydrogen-bond donors (Lipinski definition) is 3. The molecule has 2 amide bonds. The maximum atomic E-state index is 10.8. The fourth-order valence-electron chi connectivity index (χ4n) is 0.732. The monoisotopic (exact) mass is 226 g/mol. The highest BCUT2D eigenvalue weighted by molar-refractivity contribution is 5.93. The van der Waals surface area contributed by atoms with E-state index in [2.05, 4.69) is 15.3 Å². The van der Waals surface area contributed by atoms with Gasteiger partial charge in [-0.3, -0.25) is 20.1 Å². The summed E-state index contributed by atoms with van der Waals surface area (Å²) in [6, 6.07) is 0. The average molecular weight is 226 g/mol. The van der Waals surface area contributed by atoms with Gasteiger partial charge in [-0.2, -0.15) is 0 Å². The van der Waals surface area contributed by atoms with Gasteiger partial charge in [-0.05, 0) is 0 Å². The van der Waals surface area contributed by atoms with Gasteiger partial charge in [0, 0.05) is 19.3 Å². The van der Waals surface area contributed by atoms with Crippen LogP contribution in [0, 0.1) is 0 Å². The molecule has 0 bridgehead atoms. The van der Waals surface area contributed by atoms with Crippen LogP contribution in [0.15, 0.2) is 12.4 Å². The molecule has 0 aliphatic rings. The number of rotatable bonds is 2. The van der Waals surface area contributed by atoms with Gasteiger partial charge in [0.25, 0.3) is 5.91 Å². The molecule has 1 aromatic rings. The quantitative estimate of drug-likeness (QED) is 0.505. The van der Waals surface area contributed by atoms with Crippen LogP contribution in [0.2, 0.25) is 0 Å². The molecular weight excluding hydrogens is 212 g/mol. The molecule has 0 saturated carbocycles. The molecule has 0 fully saturated rings. The summed E-state index contributed by atoms with van der Waals surface area (Å²) in [6.45, 7) is 5.32. The first-order valence-electron chi connectivity index (χ1n) is 4.67. The first-order chi connectivity index (χ1) is 7.63. The molecular formula is C9H14N4O3. The molecule has 0 spiro atoms. The van der Waals surface area contributed by atoms with Gasteiger partial charge in [0.15, 0.2) is 0 Å². The van der Waals surface area contributed by atoms with Crippen LogP contribution in [0.25, 0.3) is 0 Å². The third-order valence-electron chi connectivity index (χ3n) is 1.30. The highest BCUT2D eigenvalue weighted by atomic mass is 16.5. The number of hydrogen-bond acceptors (Lipinski definition) is 5. The number of carbonyl (C=O) groups excluding carboxylic acids is 2. The zero-order valence-corrected chi connectivity index (χ0v) is 9.31. The van der Waals surface area contributed by atoms with Crippen LogP contribution in [-0.4, -0.2) is 27.0 Å². The van der Waals surface area contributed by atoms with Crippen molar-refractivity contribution < 1.29 is 14.8 Å². The molecule has 0 aliphatic carbocycles. The molecule has 1 rings (SSSR count). The van der Waals surface area contributed by atoms with E-state index in [4.69, 9.17) is 5.21 Å². The number of carbonyl (C=O) groups is 2. The molecule has 16 heavy (non-hydrogen) atoms. The van der Waals surface area contributed by atoms with Gasteiger partial charge in [0.1, 0.15) is 0 Å². The van der Waals surface area contributed by atoms with Crippen molar-refractivity contribution in [1.82, 2.24) is 15.4 Å². The Hall–Kier alpha value is -2.02. The van der Waals surface area contributed by atoms with Crippen LogP contribution in [-0.2, 0) is 4.79 Å². The number of nitrogens with one attached hydrogen (secondary N) is 2. The largest absolute Gasteiger partial charge is 0.295 e. The van der Waals surface area contributed by atoms with Crippen LogP contribution in [0.4, 0.5) is 5.95 Å². The maximum absolute atomic E-state index is 10.8. The Morgan fingerprint density at radius 1 is 1.25 bits per heavy atom. The predicted molar refractivity (Wildman–Crippen MR) is 56.9 cm³/mol. The highest BCUT2D eigenvalue weighted by Crippen LogP contribution is 1.99. The molecule has 0 aromatic carbocycles. The zero-order chi connectivity index (χ0) is 12.6. The number of nitrogens with zero attached hydrogens (tertiary/aromatic N) is 2. The summed E-state index contributed by atoms with van der Waals surface area (Å²) in [4.78, 5) is 28.7. The van der Waals surface area contributed by atoms with Gasteiger partial charge < -0.3 is 0 Å². The molecule has 3 N–H and O–H groups in total. The van der Waals surface area contributed by atoms with E-state index < -0.39 is 5.91 Å². The molecule has 0 aliphatic heterocycles. The van der Waals surface area contributed by atoms with Crippen molar-refractivity contribution in [2.45, 2.75) is 20.8 Å². The van der Waals surface area contributed by atoms with E-state index in [0.29, 0.717) is 0 Å². The number of amides is 2. The molecule has 7 nitrogen and oxygen atoms in total. The molecule has 7 heteroatoms. The molecule has 1 aromatic heterocycles. The SMILES string of the molecule is CC.CC(=O)Nc1ncc(C(=O)NO)cn1. The Kier molecular flexibility index (Phi) is 6.37. The second-order valence-corrected chi connectivity index (χ2v) is 2.42. The van der Waals surface area contributed by atoms with E-state index in [1.165, 1.54) is 24.8 Å². The summed E-state index contributed by atoms with van der Waals surface area (Å²) >= 11 is 0. The Bertz CT molecular complexity index is 350. The van der Waals surface area contributed by atoms with Crippen LogP contribution >= 0.6 is 0 Å². The Labute approximate surface area is 92.9 Å². The van der Waals surface area contributed by atoms with E-state index >= 15 is 0 Å². The standard InChI is InChI=1S/C7H8N4O3.C2H6/c1-4(12)10-7-8-2-5(3-9-7)6(13)11-14;1-2/h2-3,14H,1H3,(H,11,13)(H,8,9,10,12);1-2H3. The minimum absolute atomic E-state index is 0.0987. The first kappa shape index (κ1) is 14.0. The molecule has 0 saturated heterocycles. The number of anilines is 1. The Morgan fingerprint density at radius 2 is 1.75 bits per heavy atom. The van der Waals surface area contributed by atoms with E-state index in [1.807, 2.05) is 13.8 Å². The van der Waals surface area contributed by atoms with Crippen molar-refractivity contribution in [3.63, 3.8) is 0 Å². The summed E-state index contributed by atoms with van der Waals surface area (Å²) in [6.07, 6.45) is 2.37. The lowest BCUT2D eigenvalue weighted by Crippen LogP contribution is -2.19. The second-order valence-electron chi connectivity index (χ2n) is 2.42. The topological polar surface area (TPSA) is 104 Å². The lowest BCUT2D eigenvalue weighted by atomic mass is 10.3. The fourth-order valence-corrected chi connectivity index (χ4v) is 0.732. The predicted octanol–water partition coefficient (Wildman–Crippen LogP) is 0.580. The smallest absolute Gasteiger partial charge is 0.277 e. The van der Waals surface area contributed by atoms with Crippen molar-refractivity contribution in [3.8, 4) is 0 Å². The fraction of sp³-hybridized carbons (Fsp3) is 0.333. The van der Waals surface area contributed by atoms with Crippen LogP contribution in [0.3, 0.4) is 0 Å². The summed E-state index contributed by atoms with van der Waals surface area (Å²) in [5.74, 6) is -0.907. The van der Waals surface area contributed by atoms with E-state index in [1.54, 1.807) is 0 Å². The number of hydroxylamine groups is 1. The summed E-state index contributed by atoms with van der Waals surface area (Å²) in [7, 11) is 0. The highest BCUT2D eigenvalue weighted by Gasteiger charge is 2.05. The zero-order valence-electron chi connectivity index (χ0n) is 9.31. The van der Waals surface area contributed by atoms with Gasteiger partial charge in [-0.15, -0.1) is 0 Å². The van der Waals surface area contributed by atoms with E-state index in [0.717, 1.165) is 0 Å². The van der Waals surface area contributed by atoms with Gasteiger partial charge >= 0.3 is 0 Å². The average Bonchev–Trinajstić information content (AvgIpc) is 2.31. The van der Waals surface area contributed by atoms with Crippen molar-refractivity contribution in [1.29, 1.82) is 0 Å². The minimum atomic E-state index is -0.709. The summed E-state index contributed by atoms with van der Waals surface area (Å²) in [5, 5.41) is 10.6. The van der Waals surface area contributed by atoms with Crippen molar-refractivity contribution in [2.75, 3.05) is 5.32 Å². The summed E-state index contributed by atoms with van der Waals surface area (Å²) < 4.78 is 0.